The second kappa shape index (κ2) is 7.20. The average Bonchev–Trinajstić information content (AvgIpc) is 2.79. The van der Waals surface area contributed by atoms with Gasteiger partial charge in [0.1, 0.15) is 0 Å². The third-order valence-electron chi connectivity index (χ3n) is 2.72. The molecule has 0 atom stereocenters. The summed E-state index contributed by atoms with van der Waals surface area (Å²) in [6.07, 6.45) is 1.89. The summed E-state index contributed by atoms with van der Waals surface area (Å²) >= 11 is 0. The molecule has 7 nitrogen and oxygen atoms in total. The minimum absolute atomic E-state index is 0.0990. The third-order valence-corrected chi connectivity index (χ3v) is 2.72. The number of aromatic nitrogens is 1. The number of aliphatic carboxylic acids is 2. The summed E-state index contributed by atoms with van der Waals surface area (Å²) in [5, 5.41) is 15.8. The van der Waals surface area contributed by atoms with Gasteiger partial charge >= 0.3 is 11.9 Å². The van der Waals surface area contributed by atoms with Crippen molar-refractivity contribution < 1.29 is 24.6 Å². The van der Waals surface area contributed by atoms with E-state index in [1.54, 1.807) is 6.92 Å². The van der Waals surface area contributed by atoms with Crippen LogP contribution in [0.5, 0.6) is 0 Å². The van der Waals surface area contributed by atoms with Crippen molar-refractivity contribution in [2.75, 3.05) is 6.54 Å². The number of nitrogens with zero attached hydrogens (tertiary/aromatic N) is 1. The molecule has 0 saturated carbocycles. The molecule has 4 N–H and O–H groups in total. The number of nitrogens with two attached hydrogens (primary N) is 1. The first-order valence-corrected chi connectivity index (χ1v) is 6.13. The van der Waals surface area contributed by atoms with Crippen molar-refractivity contribution in [1.82, 2.24) is 4.57 Å². The van der Waals surface area contributed by atoms with Crippen LogP contribution in [0, 0.1) is 0 Å². The van der Waals surface area contributed by atoms with Gasteiger partial charge in [-0.25, -0.2) is 9.59 Å². The Labute approximate surface area is 120 Å². The van der Waals surface area contributed by atoms with E-state index in [1.165, 1.54) is 0 Å². The van der Waals surface area contributed by atoms with Crippen LogP contribution in [0.2, 0.25) is 0 Å². The van der Waals surface area contributed by atoms with E-state index in [0.717, 1.165) is 23.0 Å². The maximum absolute atomic E-state index is 11.4. The number of rotatable bonds is 3. The Morgan fingerprint density at radius 1 is 1.14 bits per heavy atom. The van der Waals surface area contributed by atoms with Gasteiger partial charge < -0.3 is 20.5 Å². The largest absolute Gasteiger partial charge is 0.473 e. The highest BCUT2D eigenvalue weighted by molar-refractivity contribution is 6.27. The monoisotopic (exact) mass is 292 g/mol. The number of hydrogen-bond acceptors (Lipinski definition) is 4. The molecule has 0 saturated heterocycles. The molecule has 21 heavy (non-hydrogen) atoms. The fourth-order valence-corrected chi connectivity index (χ4v) is 1.85. The molecule has 0 fully saturated rings. The molecule has 0 aliphatic rings. The van der Waals surface area contributed by atoms with Crippen LogP contribution in [0.25, 0.3) is 10.9 Å². The summed E-state index contributed by atoms with van der Waals surface area (Å²) in [4.78, 5) is 29.6. The summed E-state index contributed by atoms with van der Waals surface area (Å²) in [7, 11) is 0. The van der Waals surface area contributed by atoms with E-state index in [2.05, 4.69) is 0 Å². The van der Waals surface area contributed by atoms with Gasteiger partial charge in [0.25, 0.3) is 0 Å². The van der Waals surface area contributed by atoms with Crippen LogP contribution in [-0.2, 0) is 16.1 Å². The standard InChI is InChI=1S/C12H14N2O.C2H2O4/c1-9(15)11-8-14(7-6-13)12-5-3-2-4-10(11)12;3-1(4)2(5)6/h2-5,8H,6-7,13H2,1H3;(H,3,4)(H,5,6). The van der Waals surface area contributed by atoms with E-state index >= 15 is 0 Å². The van der Waals surface area contributed by atoms with Gasteiger partial charge in [-0.05, 0) is 13.0 Å². The number of para-hydroxylation sites is 1. The van der Waals surface area contributed by atoms with Gasteiger partial charge in [0, 0.05) is 35.8 Å². The molecule has 0 amide bonds. The molecule has 112 valence electrons. The second-order valence-corrected chi connectivity index (χ2v) is 4.21. The molecule has 0 unspecified atom stereocenters. The van der Waals surface area contributed by atoms with Crippen molar-refractivity contribution >= 4 is 28.6 Å². The van der Waals surface area contributed by atoms with Crippen LogP contribution >= 0.6 is 0 Å². The molecule has 0 aliphatic heterocycles. The Kier molecular flexibility index (Phi) is 5.62. The fourth-order valence-electron chi connectivity index (χ4n) is 1.85. The fraction of sp³-hybridized carbons (Fsp3) is 0.214. The molecule has 0 bridgehead atoms. The van der Waals surface area contributed by atoms with Gasteiger partial charge in [0.15, 0.2) is 5.78 Å². The van der Waals surface area contributed by atoms with Crippen molar-refractivity contribution in [3.8, 4) is 0 Å². The van der Waals surface area contributed by atoms with Crippen LogP contribution in [0.15, 0.2) is 30.5 Å². The number of Topliss-reactive ketones (excluding diaryl/α,β-unsaturated/α-hetero) is 1. The molecule has 0 radical (unpaired) electrons. The lowest BCUT2D eigenvalue weighted by Crippen LogP contribution is -2.09. The van der Waals surface area contributed by atoms with E-state index in [-0.39, 0.29) is 5.78 Å². The van der Waals surface area contributed by atoms with Crippen LogP contribution < -0.4 is 5.73 Å². The zero-order valence-electron chi connectivity index (χ0n) is 11.4. The minimum Gasteiger partial charge on any atom is -0.473 e. The average molecular weight is 292 g/mol. The number of carbonyl (C=O) groups is 3. The SMILES string of the molecule is CC(=O)c1cn(CCN)c2ccccc12.O=C(O)C(=O)O. The molecule has 1 aromatic heterocycles. The number of benzene rings is 1. The first-order chi connectivity index (χ1) is 9.88. The normalized spacial score (nSPS) is 9.81. The molecule has 2 aromatic rings. The van der Waals surface area contributed by atoms with E-state index in [1.807, 2.05) is 35.0 Å². The van der Waals surface area contributed by atoms with Crippen molar-refractivity contribution in [1.29, 1.82) is 0 Å². The van der Waals surface area contributed by atoms with E-state index in [4.69, 9.17) is 25.5 Å². The van der Waals surface area contributed by atoms with Crippen LogP contribution in [0.1, 0.15) is 17.3 Å². The van der Waals surface area contributed by atoms with Crippen molar-refractivity contribution in [3.63, 3.8) is 0 Å². The summed E-state index contributed by atoms with van der Waals surface area (Å²) in [6.45, 7) is 2.92. The Balaban J connectivity index is 0.000000315. The van der Waals surface area contributed by atoms with Crippen LogP contribution in [-0.4, -0.2) is 39.0 Å². The van der Waals surface area contributed by atoms with Gasteiger partial charge in [0.2, 0.25) is 0 Å². The Morgan fingerprint density at radius 3 is 2.19 bits per heavy atom. The lowest BCUT2D eigenvalue weighted by atomic mass is 10.1. The zero-order chi connectivity index (χ0) is 16.0. The predicted octanol–water partition coefficient (Wildman–Crippen LogP) is 0.958. The number of hydrogen-bond donors (Lipinski definition) is 3. The van der Waals surface area contributed by atoms with Gasteiger partial charge in [0.05, 0.1) is 0 Å². The first kappa shape index (κ1) is 16.4. The number of fused-ring (bicyclic) bond motifs is 1. The molecule has 2 rings (SSSR count). The molecular formula is C14H16N2O5. The molecule has 1 heterocycles. The zero-order valence-corrected chi connectivity index (χ0v) is 11.4. The van der Waals surface area contributed by atoms with Gasteiger partial charge in [-0.15, -0.1) is 0 Å². The van der Waals surface area contributed by atoms with Gasteiger partial charge in [-0.2, -0.15) is 0 Å². The number of ketones is 1. The molecule has 0 aliphatic carbocycles. The predicted molar refractivity (Wildman–Crippen MR) is 76.3 cm³/mol. The lowest BCUT2D eigenvalue weighted by Gasteiger charge is -2.00. The van der Waals surface area contributed by atoms with E-state index < -0.39 is 11.9 Å². The minimum atomic E-state index is -1.82. The van der Waals surface area contributed by atoms with E-state index in [0.29, 0.717) is 6.54 Å². The quantitative estimate of drug-likeness (QED) is 0.572. The van der Waals surface area contributed by atoms with Crippen LogP contribution in [0.4, 0.5) is 0 Å². The maximum atomic E-state index is 11.4. The van der Waals surface area contributed by atoms with Crippen molar-refractivity contribution in [3.05, 3.63) is 36.0 Å². The summed E-state index contributed by atoms with van der Waals surface area (Å²) in [6, 6.07) is 7.90. The maximum Gasteiger partial charge on any atom is 0.414 e. The summed E-state index contributed by atoms with van der Waals surface area (Å²) < 4.78 is 2.03. The number of carboxylic acid groups (broad SMARTS) is 2. The second-order valence-electron chi connectivity index (χ2n) is 4.21. The molecular weight excluding hydrogens is 276 g/mol. The van der Waals surface area contributed by atoms with Crippen LogP contribution in [0.3, 0.4) is 0 Å². The highest BCUT2D eigenvalue weighted by atomic mass is 16.4. The molecule has 0 spiro atoms. The Morgan fingerprint density at radius 2 is 1.71 bits per heavy atom. The first-order valence-electron chi connectivity index (χ1n) is 6.13. The summed E-state index contributed by atoms with van der Waals surface area (Å²) in [5.41, 5.74) is 7.39. The van der Waals surface area contributed by atoms with Gasteiger partial charge in [-0.3, -0.25) is 4.79 Å². The Hall–Kier alpha value is -2.67. The van der Waals surface area contributed by atoms with Gasteiger partial charge in [-0.1, -0.05) is 18.2 Å². The van der Waals surface area contributed by atoms with Crippen molar-refractivity contribution in [2.24, 2.45) is 5.73 Å². The Bertz CT molecular complexity index is 663. The highest BCUT2D eigenvalue weighted by Crippen LogP contribution is 2.21. The highest BCUT2D eigenvalue weighted by Gasteiger charge is 2.10. The topological polar surface area (TPSA) is 123 Å². The smallest absolute Gasteiger partial charge is 0.414 e. The molecule has 1 aromatic carbocycles. The molecule has 7 heteroatoms. The van der Waals surface area contributed by atoms with Crippen molar-refractivity contribution in [2.45, 2.75) is 13.5 Å². The summed E-state index contributed by atoms with van der Waals surface area (Å²) in [5.74, 6) is -3.55. The third kappa shape index (κ3) is 4.15. The van der Waals surface area contributed by atoms with E-state index in [9.17, 15) is 4.79 Å². The number of carboxylic acids is 2. The lowest BCUT2D eigenvalue weighted by molar-refractivity contribution is -0.159. The number of carbonyl (C=O) groups excluding carboxylic acids is 1.